The Morgan fingerprint density at radius 2 is 1.67 bits per heavy atom. The second kappa shape index (κ2) is 13.7. The molecule has 0 unspecified atom stereocenters. The molecule has 2 aromatic rings. The molecule has 0 radical (unpaired) electrons. The molecule has 0 fully saturated rings. The molecule has 14 heteroatoms. The minimum atomic E-state index is -5.02. The summed E-state index contributed by atoms with van der Waals surface area (Å²) < 4.78 is 65.9. The van der Waals surface area contributed by atoms with Crippen LogP contribution in [0, 0.1) is 11.2 Å². The molecule has 3 N–H and O–H groups in total. The van der Waals surface area contributed by atoms with Crippen molar-refractivity contribution in [2.45, 2.75) is 84.9 Å². The molecule has 3 amide bonds. The highest BCUT2D eigenvalue weighted by Crippen LogP contribution is 2.29. The Morgan fingerprint density at radius 1 is 1.00 bits per heavy atom. The van der Waals surface area contributed by atoms with E-state index >= 15 is 4.39 Å². The van der Waals surface area contributed by atoms with Crippen LogP contribution in [-0.2, 0) is 33.8 Å². The van der Waals surface area contributed by atoms with Crippen molar-refractivity contribution in [2.24, 2.45) is 4.99 Å². The average molecular weight is 636 g/mol. The van der Waals surface area contributed by atoms with Crippen LogP contribution in [0.2, 0.25) is 0 Å². The van der Waals surface area contributed by atoms with Gasteiger partial charge < -0.3 is 30.4 Å². The van der Waals surface area contributed by atoms with Gasteiger partial charge in [-0.1, -0.05) is 18.2 Å². The molecule has 0 aliphatic carbocycles. The largest absolute Gasteiger partial charge is 0.444 e. The van der Waals surface area contributed by atoms with Gasteiger partial charge >= 0.3 is 18.4 Å². The minimum absolute atomic E-state index is 0.00384. The second-order valence-electron chi connectivity index (χ2n) is 12.4. The summed E-state index contributed by atoms with van der Waals surface area (Å²) in [5.41, 5.74) is -2.79. The van der Waals surface area contributed by atoms with Crippen molar-refractivity contribution in [3.63, 3.8) is 0 Å². The number of benzene rings is 2. The smallest absolute Gasteiger partial charge is 0.429 e. The number of carbonyl (C=O) groups excluding carboxylic acids is 3. The lowest BCUT2D eigenvalue weighted by Crippen LogP contribution is -2.40. The molecule has 0 spiro atoms. The second-order valence-corrected chi connectivity index (χ2v) is 12.4. The molecule has 244 valence electrons. The molecule has 0 aromatic heterocycles. The maximum atomic E-state index is 15.5. The van der Waals surface area contributed by atoms with Gasteiger partial charge in [-0.15, -0.1) is 0 Å². The van der Waals surface area contributed by atoms with Gasteiger partial charge in [0.15, 0.2) is 0 Å². The molecule has 45 heavy (non-hydrogen) atoms. The number of fused-ring (bicyclic) bond motifs is 1. The van der Waals surface area contributed by atoms with Crippen molar-refractivity contribution >= 4 is 40.9 Å². The zero-order valence-electron chi connectivity index (χ0n) is 25.9. The lowest BCUT2D eigenvalue weighted by atomic mass is 9.98. The molecule has 3 rings (SSSR count). The van der Waals surface area contributed by atoms with Gasteiger partial charge in [-0.2, -0.15) is 13.2 Å². The summed E-state index contributed by atoms with van der Waals surface area (Å²) in [7, 11) is 0. The Hall–Kier alpha value is -4.49. The maximum absolute atomic E-state index is 15.5. The highest BCUT2D eigenvalue weighted by Gasteiger charge is 2.36. The van der Waals surface area contributed by atoms with Crippen molar-refractivity contribution in [1.29, 1.82) is 5.41 Å². The average Bonchev–Trinajstić information content (AvgIpc) is 2.90. The summed E-state index contributed by atoms with van der Waals surface area (Å²) in [4.78, 5) is 43.1. The first-order valence-corrected chi connectivity index (χ1v) is 14.1. The third-order valence-corrected chi connectivity index (χ3v) is 6.19. The van der Waals surface area contributed by atoms with E-state index in [1.54, 1.807) is 47.6 Å². The van der Waals surface area contributed by atoms with E-state index in [0.29, 0.717) is 11.1 Å². The van der Waals surface area contributed by atoms with E-state index in [9.17, 15) is 27.6 Å². The summed E-state index contributed by atoms with van der Waals surface area (Å²) in [5.74, 6) is -1.92. The monoisotopic (exact) mass is 635 g/mol. The summed E-state index contributed by atoms with van der Waals surface area (Å²) in [6.07, 6.45) is -7.30. The third-order valence-electron chi connectivity index (χ3n) is 6.19. The molecule has 1 aliphatic heterocycles. The first-order valence-electron chi connectivity index (χ1n) is 14.1. The normalized spacial score (nSPS) is 13.9. The number of aliphatic imine (C=N–C) groups is 1. The van der Waals surface area contributed by atoms with Crippen molar-refractivity contribution in [3.8, 4) is 0 Å². The minimum Gasteiger partial charge on any atom is -0.444 e. The van der Waals surface area contributed by atoms with Gasteiger partial charge in [-0.3, -0.25) is 4.79 Å². The lowest BCUT2D eigenvalue weighted by Gasteiger charge is -2.31. The van der Waals surface area contributed by atoms with Crippen LogP contribution in [0.25, 0.3) is 0 Å². The van der Waals surface area contributed by atoms with Crippen LogP contribution in [0.15, 0.2) is 41.4 Å². The fourth-order valence-electron chi connectivity index (χ4n) is 4.20. The number of alkyl carbamates (subject to hydrolysis) is 1. The van der Waals surface area contributed by atoms with Gasteiger partial charge in [0.25, 0.3) is 5.91 Å². The Bertz CT molecular complexity index is 1490. The molecule has 0 atom stereocenters. The molecule has 1 heterocycles. The molecule has 0 saturated heterocycles. The highest BCUT2D eigenvalue weighted by atomic mass is 19.4. The fraction of sp³-hybridized carbons (Fsp3) is 0.452. The van der Waals surface area contributed by atoms with E-state index in [4.69, 9.17) is 14.9 Å². The van der Waals surface area contributed by atoms with E-state index in [2.05, 4.69) is 15.6 Å². The molecular weight excluding hydrogens is 598 g/mol. The summed E-state index contributed by atoms with van der Waals surface area (Å²) in [6, 6.07) is 8.79. The number of amides is 3. The number of ether oxygens (including phenoxy) is 2. The van der Waals surface area contributed by atoms with Crippen LogP contribution in [0.5, 0.6) is 0 Å². The Kier molecular flexibility index (Phi) is 10.6. The Morgan fingerprint density at radius 3 is 2.29 bits per heavy atom. The fourth-order valence-corrected chi connectivity index (χ4v) is 4.20. The number of nitrogens with zero attached hydrogens (tertiary/aromatic N) is 2. The van der Waals surface area contributed by atoms with Crippen LogP contribution >= 0.6 is 0 Å². The van der Waals surface area contributed by atoms with Crippen molar-refractivity contribution in [3.05, 3.63) is 58.9 Å². The Labute approximate surface area is 258 Å². The lowest BCUT2D eigenvalue weighted by molar-refractivity contribution is -0.110. The number of alkyl halides is 3. The number of nitrogens with one attached hydrogen (secondary N) is 3. The molecule has 0 bridgehead atoms. The van der Waals surface area contributed by atoms with E-state index < -0.39 is 59.1 Å². The van der Waals surface area contributed by atoms with Crippen LogP contribution < -0.4 is 10.6 Å². The predicted octanol–water partition coefficient (Wildman–Crippen LogP) is 6.83. The number of hydrogen-bond acceptors (Lipinski definition) is 7. The van der Waals surface area contributed by atoms with Gasteiger partial charge in [0, 0.05) is 26.1 Å². The first-order chi connectivity index (χ1) is 20.7. The summed E-state index contributed by atoms with van der Waals surface area (Å²) in [6.45, 7) is 10.5. The standard InChI is InChI=1S/C31H37F4N5O5/c1-29(2,3)44-27(42)37-16-18-8-7-9-20(14-18)38-23(15-24(36)31(33,34)35)26(41)39-22-11-10-19-17-40(13-12-21(19)25(22)32)28(43)45-30(4,5)6/h7-11,14,36H,12-13,15-17H2,1-6H3,(H,37,42)(H,39,41). The van der Waals surface area contributed by atoms with E-state index in [-0.39, 0.29) is 43.0 Å². The van der Waals surface area contributed by atoms with Crippen LogP contribution in [0.3, 0.4) is 0 Å². The number of rotatable bonds is 7. The maximum Gasteiger partial charge on any atom is 0.429 e. The van der Waals surface area contributed by atoms with E-state index in [1.807, 2.05) is 0 Å². The third kappa shape index (κ3) is 10.6. The molecule has 0 saturated carbocycles. The molecule has 2 aromatic carbocycles. The number of halogens is 4. The van der Waals surface area contributed by atoms with Gasteiger partial charge in [0.05, 0.1) is 11.4 Å². The topological polar surface area (TPSA) is 133 Å². The van der Waals surface area contributed by atoms with Crippen molar-refractivity contribution < 1.29 is 41.4 Å². The molecule has 1 aliphatic rings. The van der Waals surface area contributed by atoms with Crippen LogP contribution in [0.4, 0.5) is 38.5 Å². The van der Waals surface area contributed by atoms with E-state index in [1.165, 1.54) is 35.2 Å². The predicted molar refractivity (Wildman–Crippen MR) is 160 cm³/mol. The van der Waals surface area contributed by atoms with Gasteiger partial charge in [0.1, 0.15) is 28.4 Å². The molecular formula is C31H37F4N5O5. The number of hydrogen-bond donors (Lipinski definition) is 3. The zero-order chi connectivity index (χ0) is 33.7. The van der Waals surface area contributed by atoms with Crippen molar-refractivity contribution in [2.75, 3.05) is 11.9 Å². The summed E-state index contributed by atoms with van der Waals surface area (Å²) in [5, 5.41) is 12.3. The van der Waals surface area contributed by atoms with Gasteiger partial charge in [-0.25, -0.2) is 19.0 Å². The van der Waals surface area contributed by atoms with Gasteiger partial charge in [0.2, 0.25) is 0 Å². The summed E-state index contributed by atoms with van der Waals surface area (Å²) >= 11 is 0. The SMILES string of the molecule is CC(C)(C)OC(=O)NCc1cccc(N=C(CC(=N)C(F)(F)F)C(=O)Nc2ccc3c(c2F)CCN(C(=O)OC(C)(C)C)C3)c1. The van der Waals surface area contributed by atoms with Crippen molar-refractivity contribution in [1.82, 2.24) is 10.2 Å². The van der Waals surface area contributed by atoms with Crippen LogP contribution in [-0.4, -0.2) is 58.3 Å². The number of carbonyl (C=O) groups is 3. The quantitative estimate of drug-likeness (QED) is 0.227. The highest BCUT2D eigenvalue weighted by molar-refractivity contribution is 6.46. The zero-order valence-corrected chi connectivity index (χ0v) is 25.9. The van der Waals surface area contributed by atoms with Gasteiger partial charge in [-0.05, 0) is 82.9 Å². The number of anilines is 1. The van der Waals surface area contributed by atoms with Crippen LogP contribution in [0.1, 0.15) is 64.7 Å². The Balaban J connectivity index is 1.83. The van der Waals surface area contributed by atoms with E-state index in [0.717, 1.165) is 0 Å². The first kappa shape index (κ1) is 35.0. The molecule has 10 nitrogen and oxygen atoms in total.